The van der Waals surface area contributed by atoms with Crippen LogP contribution in [0, 0.1) is 6.92 Å². The number of fused-ring (bicyclic) bond motifs is 1. The first-order valence-corrected chi connectivity index (χ1v) is 10.7. The summed E-state index contributed by atoms with van der Waals surface area (Å²) in [5.41, 5.74) is 7.81. The summed E-state index contributed by atoms with van der Waals surface area (Å²) in [6, 6.07) is 11.1. The smallest absolute Gasteiger partial charge is 0.261 e. The lowest BCUT2D eigenvalue weighted by molar-refractivity contribution is 0.0997. The van der Waals surface area contributed by atoms with Crippen LogP contribution in [0.15, 0.2) is 66.0 Å². The van der Waals surface area contributed by atoms with Crippen LogP contribution in [-0.4, -0.2) is 35.8 Å². The highest BCUT2D eigenvalue weighted by atomic mass is 32.2. The number of carbonyl (C=O) groups excluding carboxylic acids is 1. The van der Waals surface area contributed by atoms with Crippen LogP contribution >= 0.6 is 0 Å². The summed E-state index contributed by atoms with van der Waals surface area (Å²) in [7, 11) is -2.62. The second-order valence-corrected chi connectivity index (χ2v) is 8.50. The quantitative estimate of drug-likeness (QED) is 0.477. The van der Waals surface area contributed by atoms with Gasteiger partial charge in [0.2, 0.25) is 5.78 Å². The van der Waals surface area contributed by atoms with Crippen molar-refractivity contribution in [1.29, 1.82) is 0 Å². The average Bonchev–Trinajstić information content (AvgIpc) is 3.19. The number of rotatable bonds is 6. The number of imidazole rings is 1. The average molecular weight is 437 g/mol. The van der Waals surface area contributed by atoms with Gasteiger partial charge in [-0.2, -0.15) is 0 Å². The maximum Gasteiger partial charge on any atom is 0.261 e. The Bertz CT molecular complexity index is 1380. The molecule has 0 radical (unpaired) electrons. The van der Waals surface area contributed by atoms with E-state index in [1.165, 1.54) is 25.3 Å². The molecule has 0 spiro atoms. The van der Waals surface area contributed by atoms with Crippen LogP contribution in [0.5, 0.6) is 5.75 Å². The van der Waals surface area contributed by atoms with Crippen molar-refractivity contribution in [3.8, 4) is 17.0 Å². The van der Waals surface area contributed by atoms with Gasteiger partial charge >= 0.3 is 0 Å². The van der Waals surface area contributed by atoms with Gasteiger partial charge in [-0.1, -0.05) is 12.1 Å². The number of aromatic nitrogens is 3. The molecule has 31 heavy (non-hydrogen) atoms. The van der Waals surface area contributed by atoms with Crippen LogP contribution < -0.4 is 15.2 Å². The Hall–Kier alpha value is -3.92. The van der Waals surface area contributed by atoms with Crippen molar-refractivity contribution >= 4 is 27.4 Å². The fourth-order valence-electron chi connectivity index (χ4n) is 3.11. The van der Waals surface area contributed by atoms with Crippen molar-refractivity contribution in [3.63, 3.8) is 0 Å². The number of benzene rings is 2. The molecule has 4 aromatic rings. The van der Waals surface area contributed by atoms with Crippen LogP contribution in [0.3, 0.4) is 0 Å². The summed E-state index contributed by atoms with van der Waals surface area (Å²) in [4.78, 5) is 20.2. The monoisotopic (exact) mass is 437 g/mol. The molecule has 0 fully saturated rings. The largest absolute Gasteiger partial charge is 0.496 e. The third-order valence-electron chi connectivity index (χ3n) is 4.76. The Morgan fingerprint density at radius 1 is 1.19 bits per heavy atom. The molecule has 10 heteroatoms. The zero-order valence-corrected chi connectivity index (χ0v) is 17.6. The molecule has 9 nitrogen and oxygen atoms in total. The first-order valence-electron chi connectivity index (χ1n) is 9.20. The highest BCUT2D eigenvalue weighted by molar-refractivity contribution is 7.92. The van der Waals surface area contributed by atoms with Crippen LogP contribution in [0.1, 0.15) is 15.9 Å². The second-order valence-electron chi connectivity index (χ2n) is 6.81. The van der Waals surface area contributed by atoms with Gasteiger partial charge in [0, 0.05) is 24.2 Å². The van der Waals surface area contributed by atoms with Crippen molar-refractivity contribution in [2.75, 3.05) is 11.8 Å². The van der Waals surface area contributed by atoms with E-state index < -0.39 is 15.9 Å². The fourth-order valence-corrected chi connectivity index (χ4v) is 4.26. The summed E-state index contributed by atoms with van der Waals surface area (Å²) in [6.07, 6.45) is 5.29. The molecule has 0 atom stereocenters. The van der Waals surface area contributed by atoms with Gasteiger partial charge in [0.25, 0.3) is 15.9 Å². The van der Waals surface area contributed by atoms with Gasteiger partial charge in [0.05, 0.1) is 29.0 Å². The number of anilines is 1. The van der Waals surface area contributed by atoms with Crippen molar-refractivity contribution in [1.82, 2.24) is 14.4 Å². The summed E-state index contributed by atoms with van der Waals surface area (Å²) in [5, 5.41) is 0. The number of primary amides is 1. The van der Waals surface area contributed by atoms with E-state index in [2.05, 4.69) is 14.7 Å². The molecular formula is C21H19N5O4S. The van der Waals surface area contributed by atoms with Gasteiger partial charge in [0.1, 0.15) is 5.75 Å². The summed E-state index contributed by atoms with van der Waals surface area (Å²) >= 11 is 0. The van der Waals surface area contributed by atoms with E-state index in [0.29, 0.717) is 17.2 Å². The molecule has 2 aromatic carbocycles. The van der Waals surface area contributed by atoms with E-state index in [1.54, 1.807) is 35.7 Å². The molecule has 0 aliphatic rings. The Balaban J connectivity index is 1.71. The Morgan fingerprint density at radius 3 is 2.71 bits per heavy atom. The lowest BCUT2D eigenvalue weighted by Crippen LogP contribution is -2.17. The minimum absolute atomic E-state index is 0.0203. The van der Waals surface area contributed by atoms with E-state index in [-0.39, 0.29) is 16.2 Å². The lowest BCUT2D eigenvalue weighted by atomic mass is 10.1. The molecule has 0 unspecified atom stereocenters. The van der Waals surface area contributed by atoms with E-state index in [4.69, 9.17) is 10.5 Å². The molecule has 158 valence electrons. The van der Waals surface area contributed by atoms with E-state index in [1.807, 2.05) is 18.5 Å². The molecule has 0 aliphatic heterocycles. The van der Waals surface area contributed by atoms with Crippen molar-refractivity contribution in [2.45, 2.75) is 11.8 Å². The van der Waals surface area contributed by atoms with Gasteiger partial charge < -0.3 is 10.5 Å². The molecule has 4 rings (SSSR count). The van der Waals surface area contributed by atoms with E-state index >= 15 is 0 Å². The highest BCUT2D eigenvalue weighted by Gasteiger charge is 2.20. The molecule has 0 saturated heterocycles. The third kappa shape index (κ3) is 3.92. The maximum absolute atomic E-state index is 13.0. The molecule has 2 aromatic heterocycles. The van der Waals surface area contributed by atoms with Crippen molar-refractivity contribution < 1.29 is 17.9 Å². The summed E-state index contributed by atoms with van der Waals surface area (Å²) in [5.74, 6) is -0.0463. The minimum atomic E-state index is -3.99. The van der Waals surface area contributed by atoms with Crippen LogP contribution in [-0.2, 0) is 10.0 Å². The van der Waals surface area contributed by atoms with Gasteiger partial charge in [-0.05, 0) is 42.8 Å². The standard InChI is InChI=1S/C21H19N5O4S/c1-13-4-5-14(18-12-26-9-3-8-23-21(26)24-18)10-17(13)25-31(28,29)15-6-7-19(30-2)16(11-15)20(22)27/h3-12,25H,1-2H3,(H2,22,27). The number of methoxy groups -OCH3 is 1. The second kappa shape index (κ2) is 7.73. The molecule has 1 amide bonds. The van der Waals surface area contributed by atoms with Gasteiger partial charge in [-0.15, -0.1) is 0 Å². The third-order valence-corrected chi connectivity index (χ3v) is 6.12. The summed E-state index contributed by atoms with van der Waals surface area (Å²) in [6.45, 7) is 1.79. The molecule has 2 heterocycles. The normalized spacial score (nSPS) is 11.4. The maximum atomic E-state index is 13.0. The topological polar surface area (TPSA) is 129 Å². The number of carbonyl (C=O) groups is 1. The number of nitrogens with one attached hydrogen (secondary N) is 1. The van der Waals surface area contributed by atoms with Crippen LogP contribution in [0.25, 0.3) is 17.0 Å². The molecule has 0 saturated carbocycles. The lowest BCUT2D eigenvalue weighted by Gasteiger charge is -2.13. The predicted molar refractivity (Wildman–Crippen MR) is 115 cm³/mol. The number of sulfonamides is 1. The van der Waals surface area contributed by atoms with Crippen molar-refractivity contribution in [2.24, 2.45) is 5.73 Å². The molecule has 0 bridgehead atoms. The van der Waals surface area contributed by atoms with Gasteiger partial charge in [-0.3, -0.25) is 13.9 Å². The number of nitrogens with two attached hydrogens (primary N) is 1. The zero-order valence-electron chi connectivity index (χ0n) is 16.7. The van der Waals surface area contributed by atoms with E-state index in [9.17, 15) is 13.2 Å². The van der Waals surface area contributed by atoms with E-state index in [0.717, 1.165) is 11.1 Å². The molecule has 0 aliphatic carbocycles. The minimum Gasteiger partial charge on any atom is -0.496 e. The van der Waals surface area contributed by atoms with Gasteiger partial charge in [0.15, 0.2) is 0 Å². The van der Waals surface area contributed by atoms with Crippen LogP contribution in [0.4, 0.5) is 5.69 Å². The molecule has 3 N–H and O–H groups in total. The highest BCUT2D eigenvalue weighted by Crippen LogP contribution is 2.28. The fraction of sp³-hybridized carbons (Fsp3) is 0.0952. The number of amides is 1. The van der Waals surface area contributed by atoms with Gasteiger partial charge in [-0.25, -0.2) is 18.4 Å². The Labute approximate surface area is 178 Å². The number of nitrogens with zero attached hydrogens (tertiary/aromatic N) is 3. The first-order chi connectivity index (χ1) is 14.8. The summed E-state index contributed by atoms with van der Waals surface area (Å²) < 4.78 is 35.4. The number of hydrogen-bond donors (Lipinski definition) is 2. The first kappa shape index (κ1) is 20.4. The number of ether oxygens (including phenoxy) is 1. The Kier molecular flexibility index (Phi) is 5.07. The SMILES string of the molecule is COc1ccc(S(=O)(=O)Nc2cc(-c3cn4cccnc4n3)ccc2C)cc1C(N)=O. The van der Waals surface area contributed by atoms with Crippen LogP contribution in [0.2, 0.25) is 0 Å². The predicted octanol–water partition coefficient (Wildman–Crippen LogP) is 2.61. The Morgan fingerprint density at radius 2 is 2.00 bits per heavy atom. The van der Waals surface area contributed by atoms with Crippen molar-refractivity contribution in [3.05, 3.63) is 72.2 Å². The molecular weight excluding hydrogens is 418 g/mol. The number of hydrogen-bond acceptors (Lipinski definition) is 6. The zero-order chi connectivity index (χ0) is 22.2. The number of aryl methyl sites for hydroxylation is 1.